The number of carbonyl (C=O) groups excluding carboxylic acids is 5. The van der Waals surface area contributed by atoms with Gasteiger partial charge in [-0.25, -0.2) is 9.97 Å². The summed E-state index contributed by atoms with van der Waals surface area (Å²) in [6.07, 6.45) is 13.1. The van der Waals surface area contributed by atoms with E-state index >= 15 is 0 Å². The van der Waals surface area contributed by atoms with E-state index in [1.54, 1.807) is 79.1 Å². The molecule has 4 aliphatic heterocycles. The fourth-order valence-corrected chi connectivity index (χ4v) is 17.6. The van der Waals surface area contributed by atoms with E-state index < -0.39 is 29.9 Å². The first-order valence-corrected chi connectivity index (χ1v) is 38.8. The SMILES string of the molecule is CC(C)N1CCc2cc(C(=O)Nc3cccc(-c4cccc(NC(=O)c5nc6c(n5C)CCN(CC5CCC(C(=O)OC7Cc8cc(C(=O)Nc9cccc(-c%10cccc(NC(=O)c%11nc%12c(n%11C)CCN(CC[C@H]%11CC[C@H](C(=O)O)CC%11)C%12)c%10Cl)c9Cl)ncc8CN7C(C)C)CC5)C6)c4Cl)c3Cl)ncc2C1. The predicted molar refractivity (Wildman–Crippen MR) is 415 cm³/mol. The minimum Gasteiger partial charge on any atom is -0.481 e. The molecule has 6 aliphatic rings. The van der Waals surface area contributed by atoms with Gasteiger partial charge in [-0.15, -0.1) is 0 Å². The fraction of sp³-hybridized carbons (Fsp3) is 0.432. The highest BCUT2D eigenvalue weighted by molar-refractivity contribution is 6.41. The Hall–Kier alpha value is -8.58. The van der Waals surface area contributed by atoms with Gasteiger partial charge < -0.3 is 40.2 Å². The molecule has 8 heterocycles. The summed E-state index contributed by atoms with van der Waals surface area (Å²) in [5.74, 6) is -1.62. The first-order chi connectivity index (χ1) is 51.5. The van der Waals surface area contributed by atoms with E-state index in [0.717, 1.165) is 142 Å². The molecule has 5 N–H and O–H groups in total. The van der Waals surface area contributed by atoms with E-state index in [9.17, 15) is 33.9 Å². The molecule has 1 atom stereocenters. The lowest BCUT2D eigenvalue weighted by atomic mass is 9.80. The van der Waals surface area contributed by atoms with Crippen molar-refractivity contribution in [1.29, 1.82) is 0 Å². The minimum absolute atomic E-state index is 0.0467. The topological polar surface area (TPSA) is 254 Å². The van der Waals surface area contributed by atoms with Crippen molar-refractivity contribution < 1.29 is 38.6 Å². The smallest absolute Gasteiger partial charge is 0.310 e. The normalized spacial score (nSPS) is 19.8. The number of anilines is 4. The predicted octanol–water partition coefficient (Wildman–Crippen LogP) is 14.8. The molecule has 4 aromatic carbocycles. The molecule has 2 fully saturated rings. The van der Waals surface area contributed by atoms with Crippen molar-refractivity contribution >= 4 is 105 Å². The second kappa shape index (κ2) is 32.3. The monoisotopic (exact) mass is 1530 g/mol. The van der Waals surface area contributed by atoms with Crippen LogP contribution in [0.2, 0.25) is 20.1 Å². The van der Waals surface area contributed by atoms with Gasteiger partial charge in [0.05, 0.1) is 66.1 Å². The lowest BCUT2D eigenvalue weighted by Crippen LogP contribution is -2.47. The van der Waals surface area contributed by atoms with Gasteiger partial charge >= 0.3 is 11.9 Å². The van der Waals surface area contributed by atoms with Gasteiger partial charge in [0.1, 0.15) is 11.4 Å². The Kier molecular flexibility index (Phi) is 22.7. The number of aromatic nitrogens is 6. The highest BCUT2D eigenvalue weighted by Gasteiger charge is 2.38. The molecule has 4 amide bonds. The van der Waals surface area contributed by atoms with Gasteiger partial charge in [0.25, 0.3) is 23.6 Å². The maximum Gasteiger partial charge on any atom is 0.310 e. The first kappa shape index (κ1) is 75.2. The molecule has 4 aromatic heterocycles. The van der Waals surface area contributed by atoms with Gasteiger partial charge in [0.15, 0.2) is 17.9 Å². The van der Waals surface area contributed by atoms with Crippen molar-refractivity contribution in [3.8, 4) is 22.3 Å². The second-order valence-corrected chi connectivity index (χ2v) is 31.7. The van der Waals surface area contributed by atoms with E-state index in [1.807, 2.05) is 41.4 Å². The van der Waals surface area contributed by atoms with E-state index in [4.69, 9.17) is 61.1 Å². The van der Waals surface area contributed by atoms with E-state index in [2.05, 4.69) is 78.5 Å². The largest absolute Gasteiger partial charge is 0.481 e. The quantitative estimate of drug-likeness (QED) is 0.0445. The summed E-state index contributed by atoms with van der Waals surface area (Å²) in [6.45, 7) is 15.3. The number of hydrogen-bond donors (Lipinski definition) is 5. The van der Waals surface area contributed by atoms with Crippen molar-refractivity contribution in [3.05, 3.63) is 185 Å². The molecule has 560 valence electrons. The zero-order valence-corrected chi connectivity index (χ0v) is 64.1. The first-order valence-electron chi connectivity index (χ1n) is 37.3. The van der Waals surface area contributed by atoms with Crippen LogP contribution in [0.3, 0.4) is 0 Å². The number of rotatable bonds is 20. The van der Waals surface area contributed by atoms with Gasteiger partial charge in [0, 0.05) is 144 Å². The number of pyridine rings is 2. The number of aliphatic carboxylic acids is 1. The summed E-state index contributed by atoms with van der Waals surface area (Å²) in [5.41, 5.74) is 12.0. The van der Waals surface area contributed by atoms with E-state index in [1.165, 1.54) is 0 Å². The van der Waals surface area contributed by atoms with Crippen LogP contribution in [-0.4, -0.2) is 140 Å². The number of fused-ring (bicyclic) bond motifs is 4. The van der Waals surface area contributed by atoms with Gasteiger partial charge in [0.2, 0.25) is 0 Å². The number of nitrogens with zero attached hydrogens (tertiary/aromatic N) is 10. The number of hydrogen-bond acceptors (Lipinski definition) is 15. The number of esters is 1. The average molecular weight is 1530 g/mol. The maximum absolute atomic E-state index is 14.2. The Morgan fingerprint density at radius 1 is 0.514 bits per heavy atom. The number of nitrogens with one attached hydrogen (secondary N) is 4. The van der Waals surface area contributed by atoms with Crippen LogP contribution in [0.15, 0.2) is 97.3 Å². The van der Waals surface area contributed by atoms with Crippen LogP contribution in [-0.2, 0) is 80.3 Å². The van der Waals surface area contributed by atoms with Crippen LogP contribution in [0.1, 0.15) is 173 Å². The highest BCUT2D eigenvalue weighted by atomic mass is 35.5. The standard InChI is InChI=1S/C81H90Cl4N14O8/c1-45(2)98-34-28-51-35-63(86-38-53(51)41-98)76(100)90-59-15-7-11-55(70(59)82)57-13-10-18-62(73(57)85)93-79(103)75-89-66-44-97(33-30-68(66)95(75)6)40-48-21-25-50(26-22-48)81(106)107-69-37-52-36-64(87-39-54(52)42-99(69)46(3)4)77(101)91-60-16-8-12-56(71(60)83)58-14-9-17-61(72(58)84)92-78(102)74-88-65-43-96(32-29-67(65)94(74)5)31-27-47-19-23-49(24-20-47)80(104)105/h7-18,35-36,38-39,45-50,69H,19-34,37,40-44H2,1-6H3,(H,90,100)(H,91,101)(H,92,102)(H,93,103)(H,104,105)/t47-,48?,49-,50?,69?. The molecule has 22 nitrogen and oxygen atoms in total. The Morgan fingerprint density at radius 2 is 0.963 bits per heavy atom. The maximum atomic E-state index is 14.2. The Morgan fingerprint density at radius 3 is 1.45 bits per heavy atom. The van der Waals surface area contributed by atoms with Crippen molar-refractivity contribution in [2.45, 2.75) is 156 Å². The number of carbonyl (C=O) groups is 6. The fourth-order valence-electron chi connectivity index (χ4n) is 16.5. The average Bonchev–Trinajstić information content (AvgIpc) is 1.78. The van der Waals surface area contributed by atoms with E-state index in [-0.39, 0.29) is 62.2 Å². The van der Waals surface area contributed by atoms with Gasteiger partial charge in [-0.1, -0.05) is 94.9 Å². The summed E-state index contributed by atoms with van der Waals surface area (Å²) >= 11 is 28.3. The van der Waals surface area contributed by atoms with Crippen LogP contribution >= 0.6 is 46.4 Å². The Labute approximate surface area is 643 Å². The third-order valence-corrected chi connectivity index (χ3v) is 24.5. The molecule has 2 saturated carbocycles. The molecular formula is C81H90Cl4N14O8. The zero-order valence-electron chi connectivity index (χ0n) is 61.1. The second-order valence-electron chi connectivity index (χ2n) is 30.2. The number of halogens is 4. The molecule has 2 aliphatic carbocycles. The van der Waals surface area contributed by atoms with Crippen LogP contribution in [0.5, 0.6) is 0 Å². The highest BCUT2D eigenvalue weighted by Crippen LogP contribution is 2.44. The van der Waals surface area contributed by atoms with Crippen molar-refractivity contribution in [1.82, 2.24) is 48.7 Å². The molecule has 0 spiro atoms. The van der Waals surface area contributed by atoms with Gasteiger partial charge in [-0.05, 0) is 169 Å². The zero-order chi connectivity index (χ0) is 75.1. The van der Waals surface area contributed by atoms with Crippen LogP contribution in [0.4, 0.5) is 22.7 Å². The molecule has 8 aromatic rings. The molecular weight excluding hydrogens is 1440 g/mol. The molecule has 26 heteroatoms. The Bertz CT molecular complexity index is 4770. The molecule has 107 heavy (non-hydrogen) atoms. The number of benzene rings is 4. The Balaban J connectivity index is 0.552. The third-order valence-electron chi connectivity index (χ3n) is 22.8. The van der Waals surface area contributed by atoms with Crippen molar-refractivity contribution in [2.75, 3.05) is 54.0 Å². The third kappa shape index (κ3) is 16.3. The van der Waals surface area contributed by atoms with Crippen molar-refractivity contribution in [2.24, 2.45) is 37.8 Å². The van der Waals surface area contributed by atoms with Gasteiger partial charge in [-0.2, -0.15) is 0 Å². The number of imidazole rings is 2. The van der Waals surface area contributed by atoms with Crippen LogP contribution < -0.4 is 21.3 Å². The number of carboxylic acids is 1. The number of ether oxygens (including phenoxy) is 1. The molecule has 1 unspecified atom stereocenters. The van der Waals surface area contributed by atoms with Crippen LogP contribution in [0, 0.1) is 23.7 Å². The summed E-state index contributed by atoms with van der Waals surface area (Å²) < 4.78 is 10.2. The summed E-state index contributed by atoms with van der Waals surface area (Å²) in [5, 5.41) is 22.4. The molecule has 0 radical (unpaired) electrons. The lowest BCUT2D eigenvalue weighted by molar-refractivity contribution is -0.169. The van der Waals surface area contributed by atoms with Crippen LogP contribution in [0.25, 0.3) is 22.3 Å². The van der Waals surface area contributed by atoms with Gasteiger partial charge in [-0.3, -0.25) is 58.3 Å². The number of amides is 4. The molecule has 14 rings (SSSR count). The minimum atomic E-state index is -0.688. The summed E-state index contributed by atoms with van der Waals surface area (Å²) in [4.78, 5) is 110. The molecule has 0 bridgehead atoms. The lowest BCUT2D eigenvalue weighted by Gasteiger charge is -2.39. The van der Waals surface area contributed by atoms with E-state index in [0.29, 0.717) is 119 Å². The number of carboxylic acid groups (broad SMARTS) is 1. The summed E-state index contributed by atoms with van der Waals surface area (Å²) in [6, 6.07) is 25.3. The summed E-state index contributed by atoms with van der Waals surface area (Å²) in [7, 11) is 3.72. The van der Waals surface area contributed by atoms with Crippen molar-refractivity contribution in [3.63, 3.8) is 0 Å². The molecule has 0 saturated heterocycles.